The van der Waals surface area contributed by atoms with Gasteiger partial charge in [-0.2, -0.15) is 0 Å². The van der Waals surface area contributed by atoms with Crippen LogP contribution in [0, 0.1) is 0 Å². The van der Waals surface area contributed by atoms with Gasteiger partial charge in [-0.1, -0.05) is 6.07 Å². The number of aromatic nitrogens is 1. The Morgan fingerprint density at radius 3 is 2.69 bits per heavy atom. The molecule has 0 aliphatic carbocycles. The van der Waals surface area contributed by atoms with Crippen LogP contribution in [-0.2, 0) is 4.74 Å². The molecule has 0 N–H and O–H groups in total. The molecule has 0 aromatic carbocycles. The summed E-state index contributed by atoms with van der Waals surface area (Å²) in [7, 11) is 0. The van der Waals surface area contributed by atoms with Crippen molar-refractivity contribution in [2.24, 2.45) is 0 Å². The largest absolute Gasteiger partial charge is 0.574 e. The van der Waals surface area contributed by atoms with Crippen molar-refractivity contribution < 1.29 is 27.4 Å². The number of rotatable bonds is 3. The van der Waals surface area contributed by atoms with Crippen molar-refractivity contribution in [1.82, 2.24) is 4.98 Å². The summed E-state index contributed by atoms with van der Waals surface area (Å²) in [6.07, 6.45) is -4.83. The smallest absolute Gasteiger partial charge is 0.461 e. The van der Waals surface area contributed by atoms with E-state index >= 15 is 0 Å². The molecule has 1 rings (SSSR count). The maximum absolute atomic E-state index is 11.8. The van der Waals surface area contributed by atoms with Gasteiger partial charge in [0.15, 0.2) is 5.69 Å². The zero-order chi connectivity index (χ0) is 12.2. The van der Waals surface area contributed by atoms with E-state index in [-0.39, 0.29) is 12.3 Å². The molecular weight excluding hydrogens is 227 g/mol. The van der Waals surface area contributed by atoms with E-state index in [1.807, 2.05) is 0 Å². The van der Waals surface area contributed by atoms with Gasteiger partial charge in [0.05, 0.1) is 6.61 Å². The van der Waals surface area contributed by atoms with Crippen molar-refractivity contribution in [3.8, 4) is 5.88 Å². The second-order valence-electron chi connectivity index (χ2n) is 2.63. The van der Waals surface area contributed by atoms with Crippen LogP contribution in [0.25, 0.3) is 0 Å². The maximum Gasteiger partial charge on any atom is 0.574 e. The van der Waals surface area contributed by atoms with Gasteiger partial charge < -0.3 is 9.47 Å². The second-order valence-corrected chi connectivity index (χ2v) is 2.63. The van der Waals surface area contributed by atoms with E-state index in [1.54, 1.807) is 6.92 Å². The van der Waals surface area contributed by atoms with Crippen LogP contribution in [-0.4, -0.2) is 23.9 Å². The predicted molar refractivity (Wildman–Crippen MR) is 46.9 cm³/mol. The Morgan fingerprint density at radius 2 is 2.12 bits per heavy atom. The summed E-state index contributed by atoms with van der Waals surface area (Å²) in [6, 6.07) is 3.46. The van der Waals surface area contributed by atoms with E-state index in [4.69, 9.17) is 0 Å². The minimum absolute atomic E-state index is 0.116. The number of hydrogen-bond acceptors (Lipinski definition) is 4. The van der Waals surface area contributed by atoms with Crippen LogP contribution in [0.1, 0.15) is 17.4 Å². The molecule has 16 heavy (non-hydrogen) atoms. The summed E-state index contributed by atoms with van der Waals surface area (Å²) in [5.41, 5.74) is -0.233. The number of carbonyl (C=O) groups excluding carboxylic acids is 1. The molecule has 0 aliphatic heterocycles. The van der Waals surface area contributed by atoms with Gasteiger partial charge in [-0.3, -0.25) is 0 Å². The van der Waals surface area contributed by atoms with Crippen molar-refractivity contribution in [2.75, 3.05) is 6.61 Å². The Labute approximate surface area is 89.0 Å². The molecule has 0 unspecified atom stereocenters. The molecule has 1 heterocycles. The van der Waals surface area contributed by atoms with Gasteiger partial charge in [0.25, 0.3) is 0 Å². The quantitative estimate of drug-likeness (QED) is 0.753. The summed E-state index contributed by atoms with van der Waals surface area (Å²) in [4.78, 5) is 14.5. The number of nitrogens with zero attached hydrogens (tertiary/aromatic N) is 1. The standard InChI is InChI=1S/C9H8F3NO3/c1-2-15-8(14)6-4-3-5-7(13-6)16-9(10,11)12/h3-5H,2H2,1H3. The van der Waals surface area contributed by atoms with Crippen LogP contribution in [0.3, 0.4) is 0 Å². The van der Waals surface area contributed by atoms with Crippen LogP contribution in [0.5, 0.6) is 5.88 Å². The minimum Gasteiger partial charge on any atom is -0.461 e. The van der Waals surface area contributed by atoms with Gasteiger partial charge in [0.1, 0.15) is 0 Å². The SMILES string of the molecule is CCOC(=O)c1cccc(OC(F)(F)F)n1. The lowest BCUT2D eigenvalue weighted by atomic mass is 10.3. The van der Waals surface area contributed by atoms with Gasteiger partial charge in [-0.15, -0.1) is 13.2 Å². The molecular formula is C9H8F3NO3. The average molecular weight is 235 g/mol. The Bertz CT molecular complexity index is 379. The van der Waals surface area contributed by atoms with Crippen LogP contribution in [0.15, 0.2) is 18.2 Å². The molecule has 7 heteroatoms. The second kappa shape index (κ2) is 4.82. The number of carbonyl (C=O) groups is 1. The third-order valence-electron chi connectivity index (χ3n) is 1.43. The summed E-state index contributed by atoms with van der Waals surface area (Å²) < 4.78 is 43.7. The molecule has 0 bridgehead atoms. The number of alkyl halides is 3. The highest BCUT2D eigenvalue weighted by Gasteiger charge is 2.32. The highest BCUT2D eigenvalue weighted by atomic mass is 19.4. The van der Waals surface area contributed by atoms with E-state index < -0.39 is 18.2 Å². The molecule has 0 aliphatic rings. The molecule has 0 atom stereocenters. The molecule has 4 nitrogen and oxygen atoms in total. The van der Waals surface area contributed by atoms with Crippen molar-refractivity contribution in [3.05, 3.63) is 23.9 Å². The summed E-state index contributed by atoms with van der Waals surface area (Å²) in [5, 5.41) is 0. The van der Waals surface area contributed by atoms with Gasteiger partial charge in [-0.25, -0.2) is 9.78 Å². The van der Waals surface area contributed by atoms with Gasteiger partial charge in [-0.05, 0) is 13.0 Å². The highest BCUT2D eigenvalue weighted by Crippen LogP contribution is 2.20. The van der Waals surface area contributed by atoms with Crippen LogP contribution in [0.4, 0.5) is 13.2 Å². The molecule has 88 valence electrons. The summed E-state index contributed by atoms with van der Waals surface area (Å²) >= 11 is 0. The van der Waals surface area contributed by atoms with E-state index in [1.165, 1.54) is 12.1 Å². The third-order valence-corrected chi connectivity index (χ3v) is 1.43. The molecule has 0 saturated carbocycles. The van der Waals surface area contributed by atoms with Gasteiger partial charge in [0.2, 0.25) is 5.88 Å². The average Bonchev–Trinajstić information content (AvgIpc) is 2.16. The number of halogens is 3. The zero-order valence-electron chi connectivity index (χ0n) is 8.25. The van der Waals surface area contributed by atoms with Crippen molar-refractivity contribution in [2.45, 2.75) is 13.3 Å². The number of hydrogen-bond donors (Lipinski definition) is 0. The molecule has 0 amide bonds. The summed E-state index contributed by atoms with van der Waals surface area (Å²) in [5.74, 6) is -1.49. The Hall–Kier alpha value is -1.79. The van der Waals surface area contributed by atoms with Crippen molar-refractivity contribution >= 4 is 5.97 Å². The first-order valence-electron chi connectivity index (χ1n) is 4.32. The number of esters is 1. The lowest BCUT2D eigenvalue weighted by Crippen LogP contribution is -2.18. The zero-order valence-corrected chi connectivity index (χ0v) is 8.25. The third kappa shape index (κ3) is 3.76. The first-order valence-corrected chi connectivity index (χ1v) is 4.32. The Balaban J connectivity index is 2.83. The monoisotopic (exact) mass is 235 g/mol. The van der Waals surface area contributed by atoms with Gasteiger partial charge in [0, 0.05) is 6.07 Å². The highest BCUT2D eigenvalue weighted by molar-refractivity contribution is 5.87. The lowest BCUT2D eigenvalue weighted by molar-refractivity contribution is -0.276. The van der Waals surface area contributed by atoms with Crippen LogP contribution < -0.4 is 4.74 Å². The van der Waals surface area contributed by atoms with Crippen LogP contribution in [0.2, 0.25) is 0 Å². The normalized spacial score (nSPS) is 11.0. The molecule has 0 spiro atoms. The molecule has 0 saturated heterocycles. The summed E-state index contributed by atoms with van der Waals surface area (Å²) in [6.45, 7) is 1.69. The first-order chi connectivity index (χ1) is 7.42. The maximum atomic E-state index is 11.8. The molecule has 0 radical (unpaired) electrons. The number of ether oxygens (including phenoxy) is 2. The fourth-order valence-electron chi connectivity index (χ4n) is 0.909. The fraction of sp³-hybridized carbons (Fsp3) is 0.333. The minimum atomic E-state index is -4.83. The molecule has 0 fully saturated rings. The number of pyridine rings is 1. The fourth-order valence-corrected chi connectivity index (χ4v) is 0.909. The topological polar surface area (TPSA) is 48.4 Å². The van der Waals surface area contributed by atoms with Gasteiger partial charge >= 0.3 is 12.3 Å². The molecule has 1 aromatic rings. The van der Waals surface area contributed by atoms with E-state index in [0.29, 0.717) is 0 Å². The molecule has 1 aromatic heterocycles. The first kappa shape index (κ1) is 12.3. The lowest BCUT2D eigenvalue weighted by Gasteiger charge is -2.08. The van der Waals surface area contributed by atoms with Crippen molar-refractivity contribution in [3.63, 3.8) is 0 Å². The van der Waals surface area contributed by atoms with E-state index in [9.17, 15) is 18.0 Å². The Kier molecular flexibility index (Phi) is 3.70. The van der Waals surface area contributed by atoms with Crippen molar-refractivity contribution in [1.29, 1.82) is 0 Å². The van der Waals surface area contributed by atoms with Crippen LogP contribution >= 0.6 is 0 Å². The predicted octanol–water partition coefficient (Wildman–Crippen LogP) is 2.16. The van der Waals surface area contributed by atoms with E-state index in [0.717, 1.165) is 6.07 Å². The Morgan fingerprint density at radius 1 is 1.44 bits per heavy atom. The van der Waals surface area contributed by atoms with E-state index in [2.05, 4.69) is 14.5 Å².